The molecule has 0 atom stereocenters. The van der Waals surface area contributed by atoms with Crippen LogP contribution in [-0.2, 0) is 0 Å². The van der Waals surface area contributed by atoms with Crippen molar-refractivity contribution in [1.29, 1.82) is 0 Å². The van der Waals surface area contributed by atoms with Crippen molar-refractivity contribution in [3.63, 3.8) is 0 Å². The van der Waals surface area contributed by atoms with E-state index in [1.807, 2.05) is 11.8 Å². The van der Waals surface area contributed by atoms with E-state index in [0.717, 1.165) is 0 Å². The molecular formula is C25H24S. The summed E-state index contributed by atoms with van der Waals surface area (Å²) in [6, 6.07) is 24.6. The molecule has 2 aliphatic carbocycles. The Morgan fingerprint density at radius 1 is 0.731 bits per heavy atom. The highest BCUT2D eigenvalue weighted by Crippen LogP contribution is 2.43. The maximum Gasteiger partial charge on any atom is 0.0206 e. The van der Waals surface area contributed by atoms with Crippen molar-refractivity contribution >= 4 is 22.5 Å². The average molecular weight is 357 g/mol. The van der Waals surface area contributed by atoms with Gasteiger partial charge in [0.15, 0.2) is 0 Å². The Labute approximate surface area is 160 Å². The van der Waals surface area contributed by atoms with Gasteiger partial charge >= 0.3 is 0 Å². The van der Waals surface area contributed by atoms with E-state index in [2.05, 4.69) is 94.4 Å². The van der Waals surface area contributed by atoms with E-state index >= 15 is 0 Å². The zero-order valence-corrected chi connectivity index (χ0v) is 16.7. The molecule has 0 aromatic heterocycles. The van der Waals surface area contributed by atoms with Crippen molar-refractivity contribution in [3.05, 3.63) is 83.4 Å². The lowest BCUT2D eigenvalue weighted by atomic mass is 10.0. The molecule has 0 fully saturated rings. The standard InChI is InChI=1S/C25H24S/c1-16(2)20-10-9-17(3)25-23(15-20)18(4)13-24(25)26-22-12-11-19-7-5-6-8-21(19)14-22/h5-16H,1-4H3. The van der Waals surface area contributed by atoms with Gasteiger partial charge in [0.25, 0.3) is 0 Å². The van der Waals surface area contributed by atoms with Gasteiger partial charge in [-0.05, 0) is 76.6 Å². The number of fused-ring (bicyclic) bond motifs is 2. The average Bonchev–Trinajstić information content (AvgIpc) is 2.81. The fourth-order valence-corrected chi connectivity index (χ4v) is 4.77. The van der Waals surface area contributed by atoms with Crippen LogP contribution in [0.3, 0.4) is 0 Å². The molecule has 2 aromatic carbocycles. The van der Waals surface area contributed by atoms with Gasteiger partial charge in [0.1, 0.15) is 0 Å². The van der Waals surface area contributed by atoms with Gasteiger partial charge in [-0.25, -0.2) is 0 Å². The molecule has 4 rings (SSSR count). The summed E-state index contributed by atoms with van der Waals surface area (Å²) >= 11 is 1.88. The Balaban J connectivity index is 1.80. The highest BCUT2D eigenvalue weighted by molar-refractivity contribution is 7.99. The molecule has 1 heteroatoms. The van der Waals surface area contributed by atoms with E-state index in [4.69, 9.17) is 0 Å². The third kappa shape index (κ3) is 3.12. The van der Waals surface area contributed by atoms with Crippen molar-refractivity contribution in [2.45, 2.75) is 43.4 Å². The maximum atomic E-state index is 2.38. The highest BCUT2D eigenvalue weighted by Gasteiger charge is 2.17. The van der Waals surface area contributed by atoms with Crippen molar-refractivity contribution in [2.24, 2.45) is 0 Å². The SMILES string of the molecule is Cc1cc(Sc2ccc3ccccc3c2)c2c(C)ccc(C(C)C)cc1-2. The molecule has 0 bridgehead atoms. The first-order chi connectivity index (χ1) is 12.5. The third-order valence-corrected chi connectivity index (χ3v) is 6.17. The Kier molecular flexibility index (Phi) is 4.50. The smallest absolute Gasteiger partial charge is 0.0206 e. The minimum Gasteiger partial charge on any atom is -0.0894 e. The summed E-state index contributed by atoms with van der Waals surface area (Å²) in [6.07, 6.45) is 0. The molecule has 0 N–H and O–H groups in total. The summed E-state index contributed by atoms with van der Waals surface area (Å²) < 4.78 is 0. The molecule has 26 heavy (non-hydrogen) atoms. The van der Waals surface area contributed by atoms with Crippen molar-refractivity contribution in [2.75, 3.05) is 0 Å². The summed E-state index contributed by atoms with van der Waals surface area (Å²) in [5, 5.41) is 2.60. The molecule has 0 saturated heterocycles. The molecule has 0 spiro atoms. The predicted octanol–water partition coefficient (Wildman–Crippen LogP) is 7.84. The van der Waals surface area contributed by atoms with Crippen LogP contribution in [0.15, 0.2) is 76.5 Å². The van der Waals surface area contributed by atoms with Crippen LogP contribution in [0.1, 0.15) is 36.5 Å². The van der Waals surface area contributed by atoms with Crippen LogP contribution in [-0.4, -0.2) is 0 Å². The molecule has 2 aliphatic rings. The van der Waals surface area contributed by atoms with Crippen LogP contribution < -0.4 is 0 Å². The maximum absolute atomic E-state index is 2.38. The monoisotopic (exact) mass is 356 g/mol. The number of hydrogen-bond acceptors (Lipinski definition) is 1. The molecule has 130 valence electrons. The number of benzene rings is 2. The Morgan fingerprint density at radius 3 is 2.27 bits per heavy atom. The van der Waals surface area contributed by atoms with Gasteiger partial charge < -0.3 is 0 Å². The van der Waals surface area contributed by atoms with E-state index in [0.29, 0.717) is 5.92 Å². The molecule has 0 amide bonds. The largest absolute Gasteiger partial charge is 0.0894 e. The van der Waals surface area contributed by atoms with Crippen LogP contribution in [0.25, 0.3) is 21.9 Å². The normalized spacial score (nSPS) is 11.6. The zero-order chi connectivity index (χ0) is 18.3. The van der Waals surface area contributed by atoms with E-state index < -0.39 is 0 Å². The minimum atomic E-state index is 0.538. The van der Waals surface area contributed by atoms with E-state index in [9.17, 15) is 0 Å². The lowest BCUT2D eigenvalue weighted by molar-refractivity contribution is 0.868. The molecule has 2 aromatic rings. The van der Waals surface area contributed by atoms with Gasteiger partial charge in [-0.15, -0.1) is 0 Å². The lowest BCUT2D eigenvalue weighted by Crippen LogP contribution is -1.84. The van der Waals surface area contributed by atoms with Gasteiger partial charge in [0.05, 0.1) is 0 Å². The van der Waals surface area contributed by atoms with Gasteiger partial charge in [0.2, 0.25) is 0 Å². The van der Waals surface area contributed by atoms with E-state index in [1.54, 1.807) is 0 Å². The van der Waals surface area contributed by atoms with Crippen LogP contribution in [0.2, 0.25) is 0 Å². The van der Waals surface area contributed by atoms with E-state index in [-0.39, 0.29) is 0 Å². The Hall–Kier alpha value is -2.25. The Bertz CT molecular complexity index is 1060. The molecule has 0 radical (unpaired) electrons. The zero-order valence-electron chi connectivity index (χ0n) is 15.8. The first-order valence-electron chi connectivity index (χ1n) is 9.23. The van der Waals surface area contributed by atoms with Gasteiger partial charge in [-0.2, -0.15) is 0 Å². The van der Waals surface area contributed by atoms with Gasteiger partial charge in [-0.3, -0.25) is 0 Å². The van der Waals surface area contributed by atoms with Gasteiger partial charge in [0, 0.05) is 9.79 Å². The highest BCUT2D eigenvalue weighted by atomic mass is 32.2. The lowest BCUT2D eigenvalue weighted by Gasteiger charge is -2.07. The summed E-state index contributed by atoms with van der Waals surface area (Å²) in [4.78, 5) is 2.65. The molecular weight excluding hydrogens is 332 g/mol. The first-order valence-corrected chi connectivity index (χ1v) is 10.0. The number of rotatable bonds is 3. The fourth-order valence-electron chi connectivity index (χ4n) is 3.59. The van der Waals surface area contributed by atoms with Crippen LogP contribution in [0, 0.1) is 13.8 Å². The minimum absolute atomic E-state index is 0.538. The third-order valence-electron chi connectivity index (χ3n) is 5.13. The summed E-state index contributed by atoms with van der Waals surface area (Å²) in [6.45, 7) is 8.99. The summed E-state index contributed by atoms with van der Waals surface area (Å²) in [7, 11) is 0. The fraction of sp³-hybridized carbons (Fsp3) is 0.200. The molecule has 0 aliphatic heterocycles. The molecule has 0 unspecified atom stereocenters. The van der Waals surface area contributed by atoms with Crippen LogP contribution >= 0.6 is 11.8 Å². The summed E-state index contributed by atoms with van der Waals surface area (Å²) in [5.41, 5.74) is 6.90. The van der Waals surface area contributed by atoms with Crippen molar-refractivity contribution in [1.82, 2.24) is 0 Å². The summed E-state index contributed by atoms with van der Waals surface area (Å²) in [5.74, 6) is 0.538. The second kappa shape index (κ2) is 6.81. The number of aryl methyl sites for hydroxylation is 2. The quantitative estimate of drug-likeness (QED) is 0.360. The van der Waals surface area contributed by atoms with Crippen LogP contribution in [0.5, 0.6) is 0 Å². The van der Waals surface area contributed by atoms with Gasteiger partial charge in [-0.1, -0.05) is 74.1 Å². The number of hydrogen-bond donors (Lipinski definition) is 0. The molecule has 0 heterocycles. The van der Waals surface area contributed by atoms with Crippen molar-refractivity contribution < 1.29 is 0 Å². The van der Waals surface area contributed by atoms with Crippen LogP contribution in [0.4, 0.5) is 0 Å². The molecule has 0 nitrogen and oxygen atoms in total. The Morgan fingerprint density at radius 2 is 1.50 bits per heavy atom. The predicted molar refractivity (Wildman–Crippen MR) is 115 cm³/mol. The molecule has 0 saturated carbocycles. The van der Waals surface area contributed by atoms with E-state index in [1.165, 1.54) is 48.4 Å². The second-order valence-corrected chi connectivity index (χ2v) is 8.52. The topological polar surface area (TPSA) is 0 Å². The first kappa shape index (κ1) is 17.2. The van der Waals surface area contributed by atoms with Crippen molar-refractivity contribution in [3.8, 4) is 11.1 Å². The second-order valence-electron chi connectivity index (χ2n) is 7.41.